The minimum atomic E-state index is -0.657. The largest absolute Gasteiger partial charge is 0.493 e. The Kier molecular flexibility index (Phi) is 3.34. The quantitative estimate of drug-likeness (QED) is 0.860. The van der Waals surface area contributed by atoms with Crippen molar-refractivity contribution in [2.24, 2.45) is 0 Å². The summed E-state index contributed by atoms with van der Waals surface area (Å²) in [5, 5.41) is 3.18. The smallest absolute Gasteiger partial charge is 0.325 e. The lowest BCUT2D eigenvalue weighted by Gasteiger charge is -2.17. The SMILES string of the molecule is CC#CC1C(CF)NC(=O)N1c1nc2c3c(ccc2s1)OCC3. The zero-order valence-electron chi connectivity index (χ0n) is 12.4. The number of alkyl halides is 1. The number of aromatic nitrogens is 1. The maximum atomic E-state index is 13.2. The molecule has 0 aliphatic carbocycles. The third-order valence-corrected chi connectivity index (χ3v) is 5.09. The maximum absolute atomic E-state index is 13.2. The Labute approximate surface area is 136 Å². The Balaban J connectivity index is 1.81. The zero-order chi connectivity index (χ0) is 16.0. The number of rotatable bonds is 2. The molecule has 1 aromatic heterocycles. The molecule has 1 fully saturated rings. The Morgan fingerprint density at radius 1 is 1.57 bits per heavy atom. The van der Waals surface area contributed by atoms with Gasteiger partial charge in [0.15, 0.2) is 5.13 Å². The molecule has 2 unspecified atom stereocenters. The molecule has 2 aliphatic heterocycles. The first-order valence-corrected chi connectivity index (χ1v) is 8.17. The van der Waals surface area contributed by atoms with Crippen LogP contribution >= 0.6 is 11.3 Å². The van der Waals surface area contributed by atoms with Crippen molar-refractivity contribution in [3.63, 3.8) is 0 Å². The van der Waals surface area contributed by atoms with E-state index in [1.807, 2.05) is 12.1 Å². The van der Waals surface area contributed by atoms with E-state index < -0.39 is 18.8 Å². The summed E-state index contributed by atoms with van der Waals surface area (Å²) in [6.45, 7) is 1.67. The van der Waals surface area contributed by atoms with E-state index in [0.29, 0.717) is 11.7 Å². The van der Waals surface area contributed by atoms with Gasteiger partial charge in [0.05, 0.1) is 22.9 Å². The lowest BCUT2D eigenvalue weighted by molar-refractivity contribution is 0.249. The number of carbonyl (C=O) groups is 1. The summed E-state index contributed by atoms with van der Waals surface area (Å²) in [5.41, 5.74) is 1.93. The van der Waals surface area contributed by atoms with E-state index in [1.165, 1.54) is 16.2 Å². The predicted octanol–water partition coefficient (Wildman–Crippen LogP) is 2.49. The van der Waals surface area contributed by atoms with Crippen LogP contribution in [0.5, 0.6) is 5.75 Å². The molecule has 5 nitrogen and oxygen atoms in total. The van der Waals surface area contributed by atoms with Gasteiger partial charge < -0.3 is 10.1 Å². The van der Waals surface area contributed by atoms with Crippen molar-refractivity contribution in [1.29, 1.82) is 0 Å². The number of halogens is 1. The average Bonchev–Trinajstić information content (AvgIpc) is 3.22. The lowest BCUT2D eigenvalue weighted by Crippen LogP contribution is -2.36. The molecule has 0 radical (unpaired) electrons. The average molecular weight is 331 g/mol. The topological polar surface area (TPSA) is 54.5 Å². The van der Waals surface area contributed by atoms with Gasteiger partial charge in [-0.1, -0.05) is 17.3 Å². The van der Waals surface area contributed by atoms with E-state index in [9.17, 15) is 9.18 Å². The molecule has 0 spiro atoms. The molecule has 2 amide bonds. The van der Waals surface area contributed by atoms with Gasteiger partial charge in [0.25, 0.3) is 0 Å². The fraction of sp³-hybridized carbons (Fsp3) is 0.375. The molecular weight excluding hydrogens is 317 g/mol. The van der Waals surface area contributed by atoms with Gasteiger partial charge >= 0.3 is 6.03 Å². The summed E-state index contributed by atoms with van der Waals surface area (Å²) in [5.74, 6) is 6.55. The number of nitrogens with zero attached hydrogens (tertiary/aromatic N) is 2. The molecule has 2 atom stereocenters. The van der Waals surface area contributed by atoms with Gasteiger partial charge in [-0.25, -0.2) is 14.2 Å². The molecule has 4 rings (SSSR count). The van der Waals surface area contributed by atoms with Crippen LogP contribution in [0.15, 0.2) is 12.1 Å². The molecule has 1 aromatic carbocycles. The number of thiazole rings is 1. The Morgan fingerprint density at radius 2 is 2.43 bits per heavy atom. The van der Waals surface area contributed by atoms with Gasteiger partial charge in [0.2, 0.25) is 0 Å². The predicted molar refractivity (Wildman–Crippen MR) is 86.8 cm³/mol. The van der Waals surface area contributed by atoms with Crippen LogP contribution in [0.2, 0.25) is 0 Å². The number of carbonyl (C=O) groups excluding carboxylic acids is 1. The molecule has 3 heterocycles. The van der Waals surface area contributed by atoms with Crippen LogP contribution in [0.25, 0.3) is 10.2 Å². The van der Waals surface area contributed by atoms with E-state index in [2.05, 4.69) is 22.1 Å². The molecule has 1 N–H and O–H groups in total. The van der Waals surface area contributed by atoms with E-state index in [4.69, 9.17) is 4.74 Å². The summed E-state index contributed by atoms with van der Waals surface area (Å²) in [4.78, 5) is 18.4. The van der Waals surface area contributed by atoms with E-state index in [-0.39, 0.29) is 6.03 Å². The molecular formula is C16H14FN3O2S. The van der Waals surface area contributed by atoms with Crippen molar-refractivity contribution >= 4 is 32.7 Å². The van der Waals surface area contributed by atoms with Gasteiger partial charge in [0, 0.05) is 12.0 Å². The fourth-order valence-corrected chi connectivity index (χ4v) is 4.05. The Morgan fingerprint density at radius 3 is 3.22 bits per heavy atom. The summed E-state index contributed by atoms with van der Waals surface area (Å²) in [6.07, 6.45) is 0.813. The molecule has 7 heteroatoms. The first-order chi connectivity index (χ1) is 11.2. The fourth-order valence-electron chi connectivity index (χ4n) is 3.02. The summed E-state index contributed by atoms with van der Waals surface area (Å²) >= 11 is 1.41. The Hall–Kier alpha value is -2.33. The molecule has 2 aromatic rings. The highest BCUT2D eigenvalue weighted by Crippen LogP contribution is 2.38. The maximum Gasteiger partial charge on any atom is 0.325 e. The second-order valence-corrected chi connectivity index (χ2v) is 6.41. The van der Waals surface area contributed by atoms with Gasteiger partial charge in [0.1, 0.15) is 18.5 Å². The number of benzene rings is 1. The molecule has 0 saturated carbocycles. The van der Waals surface area contributed by atoms with Crippen molar-refractivity contribution in [3.8, 4) is 17.6 Å². The normalized spacial score (nSPS) is 22.5. The highest BCUT2D eigenvalue weighted by Gasteiger charge is 2.41. The van der Waals surface area contributed by atoms with Crippen LogP contribution in [0.4, 0.5) is 14.3 Å². The van der Waals surface area contributed by atoms with Crippen molar-refractivity contribution in [1.82, 2.24) is 10.3 Å². The number of anilines is 1. The highest BCUT2D eigenvalue weighted by atomic mass is 32.1. The van der Waals surface area contributed by atoms with Gasteiger partial charge in [-0.15, -0.1) is 5.92 Å². The van der Waals surface area contributed by atoms with E-state index >= 15 is 0 Å². The molecule has 118 valence electrons. The van der Waals surface area contributed by atoms with Crippen molar-refractivity contribution < 1.29 is 13.9 Å². The number of fused-ring (bicyclic) bond motifs is 3. The van der Waals surface area contributed by atoms with Crippen LogP contribution in [0.1, 0.15) is 12.5 Å². The van der Waals surface area contributed by atoms with Gasteiger partial charge in [-0.05, 0) is 19.1 Å². The van der Waals surface area contributed by atoms with Crippen molar-refractivity contribution in [2.75, 3.05) is 18.2 Å². The number of urea groups is 1. The Bertz CT molecular complexity index is 854. The molecule has 1 saturated heterocycles. The van der Waals surface area contributed by atoms with E-state index in [1.54, 1.807) is 6.92 Å². The third-order valence-electron chi connectivity index (χ3n) is 4.07. The summed E-state index contributed by atoms with van der Waals surface area (Å²) in [7, 11) is 0. The number of hydrogen-bond donors (Lipinski definition) is 1. The number of amides is 2. The molecule has 23 heavy (non-hydrogen) atoms. The van der Waals surface area contributed by atoms with Crippen molar-refractivity contribution in [2.45, 2.75) is 25.4 Å². The number of hydrogen-bond acceptors (Lipinski definition) is 4. The standard InChI is InChI=1S/C16H14FN3O2S/c1-2-3-11-10(8-17)18-15(21)20(11)16-19-14-9-6-7-22-12(9)4-5-13(14)23-16/h4-5,10-11H,6-8H2,1H3,(H,18,21). The minimum absolute atomic E-state index is 0.354. The monoisotopic (exact) mass is 331 g/mol. The number of ether oxygens (including phenoxy) is 1. The first kappa shape index (κ1) is 14.3. The molecule has 0 bridgehead atoms. The van der Waals surface area contributed by atoms with Crippen LogP contribution < -0.4 is 15.0 Å². The highest BCUT2D eigenvalue weighted by molar-refractivity contribution is 7.22. The van der Waals surface area contributed by atoms with E-state index in [0.717, 1.165) is 28.0 Å². The minimum Gasteiger partial charge on any atom is -0.493 e. The summed E-state index contributed by atoms with van der Waals surface area (Å²) in [6, 6.07) is 2.36. The van der Waals surface area contributed by atoms with Crippen molar-refractivity contribution in [3.05, 3.63) is 17.7 Å². The third kappa shape index (κ3) is 2.13. The van der Waals surface area contributed by atoms with Crippen LogP contribution in [0.3, 0.4) is 0 Å². The summed E-state index contributed by atoms with van der Waals surface area (Å²) < 4.78 is 19.7. The van der Waals surface area contributed by atoms with Gasteiger partial charge in [-0.2, -0.15) is 0 Å². The van der Waals surface area contributed by atoms with Crippen LogP contribution in [0, 0.1) is 11.8 Å². The van der Waals surface area contributed by atoms with Gasteiger partial charge in [-0.3, -0.25) is 4.90 Å². The second-order valence-electron chi connectivity index (χ2n) is 5.40. The number of nitrogens with one attached hydrogen (secondary N) is 1. The zero-order valence-corrected chi connectivity index (χ0v) is 13.2. The van der Waals surface area contributed by atoms with Crippen LogP contribution in [-0.4, -0.2) is 36.4 Å². The lowest BCUT2D eigenvalue weighted by atomic mass is 10.1. The second kappa shape index (κ2) is 5.39. The first-order valence-electron chi connectivity index (χ1n) is 7.36. The van der Waals surface area contributed by atoms with Crippen LogP contribution in [-0.2, 0) is 6.42 Å². The molecule has 2 aliphatic rings.